The maximum atomic E-state index is 11.2. The zero-order valence-corrected chi connectivity index (χ0v) is 11.5. The summed E-state index contributed by atoms with van der Waals surface area (Å²) < 4.78 is 22.3. The van der Waals surface area contributed by atoms with Gasteiger partial charge in [0.25, 0.3) is 0 Å². The van der Waals surface area contributed by atoms with E-state index in [1.54, 1.807) is 24.3 Å². The lowest BCUT2D eigenvalue weighted by atomic mass is 10.1. The molecule has 7 heteroatoms. The fourth-order valence-corrected chi connectivity index (χ4v) is 3.42. The van der Waals surface area contributed by atoms with Gasteiger partial charge in [-0.25, -0.2) is 13.6 Å². The predicted molar refractivity (Wildman–Crippen MR) is 72.1 cm³/mol. The molecule has 0 spiro atoms. The molecule has 4 N–H and O–H groups in total. The van der Waals surface area contributed by atoms with Gasteiger partial charge >= 0.3 is 0 Å². The maximum Gasteiger partial charge on any atom is 0.238 e. The molecule has 1 aromatic heterocycles. The largest absolute Gasteiger partial charge is 0.392 e. The molecular weight excluding hydrogens is 286 g/mol. The van der Waals surface area contributed by atoms with Crippen molar-refractivity contribution < 1.29 is 18.6 Å². The minimum atomic E-state index is -3.74. The van der Waals surface area contributed by atoms with Crippen molar-refractivity contribution in [2.24, 2.45) is 5.14 Å². The molecular formula is C12H13NO4S2. The zero-order chi connectivity index (χ0) is 14.0. The number of benzene rings is 1. The van der Waals surface area contributed by atoms with E-state index < -0.39 is 16.1 Å². The molecule has 0 radical (unpaired) electrons. The first-order valence-corrected chi connectivity index (χ1v) is 7.83. The average molecular weight is 299 g/mol. The van der Waals surface area contributed by atoms with Crippen LogP contribution in [0.4, 0.5) is 0 Å². The number of rotatable bonds is 4. The fraction of sp³-hybridized carbons (Fsp3) is 0.167. The van der Waals surface area contributed by atoms with Gasteiger partial charge in [-0.05, 0) is 17.2 Å². The van der Waals surface area contributed by atoms with E-state index >= 15 is 0 Å². The number of hydrogen-bond donors (Lipinski definition) is 3. The number of primary sulfonamides is 1. The molecule has 1 unspecified atom stereocenters. The lowest BCUT2D eigenvalue weighted by molar-refractivity contribution is 0.224. The smallest absolute Gasteiger partial charge is 0.238 e. The highest BCUT2D eigenvalue weighted by molar-refractivity contribution is 7.89. The summed E-state index contributed by atoms with van der Waals surface area (Å²) in [4.78, 5) is 0.499. The van der Waals surface area contributed by atoms with E-state index in [0.29, 0.717) is 10.4 Å². The Hall–Kier alpha value is -1.25. The van der Waals surface area contributed by atoms with E-state index in [1.165, 1.54) is 11.4 Å². The van der Waals surface area contributed by atoms with Crippen LogP contribution in [0.1, 0.15) is 22.1 Å². The quantitative estimate of drug-likeness (QED) is 0.783. The van der Waals surface area contributed by atoms with Crippen LogP contribution >= 0.6 is 11.3 Å². The summed E-state index contributed by atoms with van der Waals surface area (Å²) in [6, 6.07) is 8.14. The zero-order valence-electron chi connectivity index (χ0n) is 9.85. The Labute approximate surface area is 115 Å². The van der Waals surface area contributed by atoms with Crippen molar-refractivity contribution in [2.45, 2.75) is 17.6 Å². The van der Waals surface area contributed by atoms with Crippen molar-refractivity contribution in [3.63, 3.8) is 0 Å². The van der Waals surface area contributed by atoms with Crippen LogP contribution in [0.2, 0.25) is 0 Å². The van der Waals surface area contributed by atoms with E-state index in [2.05, 4.69) is 0 Å². The molecule has 0 amide bonds. The van der Waals surface area contributed by atoms with Crippen LogP contribution in [0, 0.1) is 0 Å². The van der Waals surface area contributed by atoms with Gasteiger partial charge in [0.05, 0.1) is 11.5 Å². The van der Waals surface area contributed by atoms with E-state index in [0.717, 1.165) is 16.9 Å². The second kappa shape index (κ2) is 5.40. The summed E-state index contributed by atoms with van der Waals surface area (Å²) in [5.41, 5.74) is 1.37. The highest BCUT2D eigenvalue weighted by Crippen LogP contribution is 2.29. The van der Waals surface area contributed by atoms with Crippen molar-refractivity contribution in [1.82, 2.24) is 0 Å². The highest BCUT2D eigenvalue weighted by atomic mass is 32.2. The SMILES string of the molecule is NS(=O)(=O)c1csc(C(O)c2ccc(CO)cc2)c1. The standard InChI is InChI=1S/C12H13NO4S2/c13-19(16,17)10-5-11(18-7-10)12(15)9-3-1-8(6-14)2-4-9/h1-5,7,12,14-15H,6H2,(H2,13,16,17). The van der Waals surface area contributed by atoms with Gasteiger partial charge in [-0.2, -0.15) is 0 Å². The third-order valence-corrected chi connectivity index (χ3v) is 4.70. The van der Waals surface area contributed by atoms with Crippen molar-refractivity contribution >= 4 is 21.4 Å². The second-order valence-corrected chi connectivity index (χ2v) is 6.54. The van der Waals surface area contributed by atoms with E-state index in [9.17, 15) is 13.5 Å². The molecule has 0 aliphatic heterocycles. The first-order valence-electron chi connectivity index (χ1n) is 5.41. The molecule has 5 nitrogen and oxygen atoms in total. The molecule has 2 rings (SSSR count). The van der Waals surface area contributed by atoms with Gasteiger partial charge in [-0.1, -0.05) is 24.3 Å². The average Bonchev–Trinajstić information content (AvgIpc) is 2.87. The minimum absolute atomic E-state index is 0.00136. The van der Waals surface area contributed by atoms with Crippen LogP contribution in [0.25, 0.3) is 0 Å². The third-order valence-electron chi connectivity index (χ3n) is 2.67. The Bertz CT molecular complexity index is 661. The summed E-state index contributed by atoms with van der Waals surface area (Å²) in [5, 5.41) is 25.5. The topological polar surface area (TPSA) is 101 Å². The molecule has 0 aliphatic carbocycles. The van der Waals surface area contributed by atoms with Gasteiger partial charge in [-0.3, -0.25) is 0 Å². The van der Waals surface area contributed by atoms with Crippen molar-refractivity contribution in [1.29, 1.82) is 0 Å². The molecule has 1 aromatic carbocycles. The minimum Gasteiger partial charge on any atom is -0.392 e. The monoisotopic (exact) mass is 299 g/mol. The Balaban J connectivity index is 2.28. The van der Waals surface area contributed by atoms with Gasteiger partial charge in [0, 0.05) is 10.3 Å². The molecule has 0 fully saturated rings. The molecule has 0 aliphatic rings. The number of sulfonamides is 1. The first-order chi connectivity index (χ1) is 8.91. The summed E-state index contributed by atoms with van der Waals surface area (Å²) in [5.74, 6) is 0. The summed E-state index contributed by atoms with van der Waals surface area (Å²) >= 11 is 1.13. The van der Waals surface area contributed by atoms with Crippen molar-refractivity contribution in [3.8, 4) is 0 Å². The molecule has 102 valence electrons. The molecule has 2 aromatic rings. The van der Waals surface area contributed by atoms with Gasteiger partial charge in [-0.15, -0.1) is 11.3 Å². The van der Waals surface area contributed by atoms with Gasteiger partial charge in [0.1, 0.15) is 6.10 Å². The number of hydrogen-bond acceptors (Lipinski definition) is 5. The normalized spacial score (nSPS) is 13.4. The van der Waals surface area contributed by atoms with E-state index in [4.69, 9.17) is 10.2 Å². The summed E-state index contributed by atoms with van der Waals surface area (Å²) in [6.07, 6.45) is -0.909. The fourth-order valence-electron chi connectivity index (χ4n) is 1.60. The Morgan fingerprint density at radius 3 is 2.37 bits per heavy atom. The molecule has 0 saturated heterocycles. The number of aliphatic hydroxyl groups excluding tert-OH is 2. The molecule has 19 heavy (non-hydrogen) atoms. The Kier molecular flexibility index (Phi) is 4.02. The van der Waals surface area contributed by atoms with Crippen LogP contribution in [0.15, 0.2) is 40.6 Å². The maximum absolute atomic E-state index is 11.2. The number of thiophene rings is 1. The molecule has 0 saturated carbocycles. The summed E-state index contributed by atoms with van der Waals surface area (Å²) in [6.45, 7) is -0.0645. The van der Waals surface area contributed by atoms with Gasteiger partial charge in [0.2, 0.25) is 10.0 Å². The van der Waals surface area contributed by atoms with E-state index in [-0.39, 0.29) is 11.5 Å². The first kappa shape index (κ1) is 14.2. The van der Waals surface area contributed by atoms with E-state index in [1.807, 2.05) is 0 Å². The highest BCUT2D eigenvalue weighted by Gasteiger charge is 2.17. The third kappa shape index (κ3) is 3.20. The van der Waals surface area contributed by atoms with Crippen LogP contribution in [-0.2, 0) is 16.6 Å². The van der Waals surface area contributed by atoms with Crippen molar-refractivity contribution in [2.75, 3.05) is 0 Å². The Morgan fingerprint density at radius 1 is 1.26 bits per heavy atom. The molecule has 1 atom stereocenters. The van der Waals surface area contributed by atoms with Crippen molar-refractivity contribution in [3.05, 3.63) is 51.7 Å². The van der Waals surface area contributed by atoms with Crippen LogP contribution in [0.5, 0.6) is 0 Å². The molecule has 0 bridgehead atoms. The van der Waals surface area contributed by atoms with Crippen LogP contribution in [-0.4, -0.2) is 18.6 Å². The van der Waals surface area contributed by atoms with Gasteiger partial charge < -0.3 is 10.2 Å². The molecule has 1 heterocycles. The lowest BCUT2D eigenvalue weighted by Gasteiger charge is -2.09. The number of nitrogens with two attached hydrogens (primary N) is 1. The van der Waals surface area contributed by atoms with Crippen LogP contribution in [0.3, 0.4) is 0 Å². The Morgan fingerprint density at radius 2 is 1.89 bits per heavy atom. The van der Waals surface area contributed by atoms with Gasteiger partial charge in [0.15, 0.2) is 0 Å². The lowest BCUT2D eigenvalue weighted by Crippen LogP contribution is -2.10. The predicted octanol–water partition coefficient (Wildman–Crippen LogP) is 0.970. The van der Waals surface area contributed by atoms with Crippen LogP contribution < -0.4 is 5.14 Å². The second-order valence-electron chi connectivity index (χ2n) is 4.03. The number of aliphatic hydroxyl groups is 2. The summed E-state index contributed by atoms with van der Waals surface area (Å²) in [7, 11) is -3.74.